The van der Waals surface area contributed by atoms with Crippen molar-refractivity contribution >= 4 is 18.2 Å². The summed E-state index contributed by atoms with van der Waals surface area (Å²) in [6.45, 7) is 3.80. The molecule has 0 radical (unpaired) electrons. The number of methoxy groups -OCH3 is 1. The Kier molecular flexibility index (Phi) is 8.91. The summed E-state index contributed by atoms with van der Waals surface area (Å²) in [7, 11) is 1.52. The van der Waals surface area contributed by atoms with Crippen LogP contribution < -0.4 is 9.47 Å². The summed E-state index contributed by atoms with van der Waals surface area (Å²) < 4.78 is 20.8. The van der Waals surface area contributed by atoms with E-state index in [4.69, 9.17) is 18.9 Å². The van der Waals surface area contributed by atoms with E-state index in [9.17, 15) is 9.59 Å². The average Bonchev–Trinajstić information content (AvgIpc) is 2.54. The van der Waals surface area contributed by atoms with E-state index < -0.39 is 5.97 Å². The van der Waals surface area contributed by atoms with E-state index >= 15 is 0 Å². The van der Waals surface area contributed by atoms with Crippen LogP contribution in [-0.2, 0) is 23.9 Å². The Labute approximate surface area is 140 Å². The van der Waals surface area contributed by atoms with E-state index in [0.717, 1.165) is 0 Å². The average molecular weight is 339 g/mol. The fraction of sp³-hybridized carbons (Fsp3) is 0.438. The normalized spacial score (nSPS) is 10.5. The lowest BCUT2D eigenvalue weighted by Crippen LogP contribution is -2.12. The number of carbonyl (C=O) groups is 2. The van der Waals surface area contributed by atoms with Gasteiger partial charge in [0.15, 0.2) is 11.5 Å². The van der Waals surface area contributed by atoms with Gasteiger partial charge in [-0.15, -0.1) is 0 Å². The molecule has 0 saturated heterocycles. The molecule has 0 saturated carbocycles. The molecule has 0 bridgehead atoms. The van der Waals surface area contributed by atoms with Crippen LogP contribution in [0.2, 0.25) is 0 Å². The van der Waals surface area contributed by atoms with E-state index in [2.05, 4.69) is 9.99 Å². The second-order valence-electron chi connectivity index (χ2n) is 4.53. The van der Waals surface area contributed by atoms with Gasteiger partial charge >= 0.3 is 11.9 Å². The zero-order valence-electron chi connectivity index (χ0n) is 13.9. The first kappa shape index (κ1) is 19.4. The van der Waals surface area contributed by atoms with Gasteiger partial charge in [-0.25, -0.2) is 4.79 Å². The summed E-state index contributed by atoms with van der Waals surface area (Å²) >= 11 is 0. The highest BCUT2D eigenvalue weighted by Crippen LogP contribution is 2.27. The molecule has 0 amide bonds. The number of benzene rings is 1. The van der Waals surface area contributed by atoms with Crippen LogP contribution in [0.3, 0.4) is 0 Å². The van der Waals surface area contributed by atoms with E-state index in [-0.39, 0.29) is 12.6 Å². The molecule has 0 aliphatic carbocycles. The van der Waals surface area contributed by atoms with Crippen LogP contribution in [0.25, 0.3) is 0 Å². The topological polar surface area (TPSA) is 92.7 Å². The molecule has 0 spiro atoms. The fourth-order valence-corrected chi connectivity index (χ4v) is 1.60. The van der Waals surface area contributed by atoms with Crippen molar-refractivity contribution in [3.05, 3.63) is 23.8 Å². The van der Waals surface area contributed by atoms with Gasteiger partial charge in [0.05, 0.1) is 26.5 Å². The number of hydrogen-bond acceptors (Lipinski definition) is 8. The number of esters is 1. The quantitative estimate of drug-likeness (QED) is 0.210. The number of oxime groups is 1. The standard InChI is InChI=1S/C16H21NO7/c1-12(18)22-8-6-21-7-9-23-15-5-4-14(10-16(15)20-3)11-17-24-13(2)19/h4-5,10-11H,6-9H2,1-3H3/b17-11+. The third kappa shape index (κ3) is 8.14. The molecule has 0 atom stereocenters. The number of ether oxygens (including phenoxy) is 4. The maximum atomic E-state index is 10.6. The van der Waals surface area contributed by atoms with Crippen LogP contribution >= 0.6 is 0 Å². The predicted molar refractivity (Wildman–Crippen MR) is 85.3 cm³/mol. The van der Waals surface area contributed by atoms with Gasteiger partial charge in [-0.2, -0.15) is 0 Å². The first-order chi connectivity index (χ1) is 11.5. The second-order valence-corrected chi connectivity index (χ2v) is 4.53. The number of nitrogens with zero attached hydrogens (tertiary/aromatic N) is 1. The van der Waals surface area contributed by atoms with Crippen molar-refractivity contribution in [2.45, 2.75) is 13.8 Å². The third-order valence-corrected chi connectivity index (χ3v) is 2.59. The molecule has 1 rings (SSSR count). The molecule has 0 N–H and O–H groups in total. The highest BCUT2D eigenvalue weighted by molar-refractivity contribution is 5.81. The Balaban J connectivity index is 2.40. The maximum Gasteiger partial charge on any atom is 0.331 e. The van der Waals surface area contributed by atoms with Gasteiger partial charge in [-0.3, -0.25) is 4.79 Å². The zero-order chi connectivity index (χ0) is 17.8. The van der Waals surface area contributed by atoms with Crippen molar-refractivity contribution in [3.8, 4) is 11.5 Å². The monoisotopic (exact) mass is 339 g/mol. The van der Waals surface area contributed by atoms with E-state index in [1.807, 2.05) is 0 Å². The minimum Gasteiger partial charge on any atom is -0.493 e. The van der Waals surface area contributed by atoms with Crippen molar-refractivity contribution < 1.29 is 33.4 Å². The van der Waals surface area contributed by atoms with Crippen molar-refractivity contribution in [2.24, 2.45) is 5.16 Å². The predicted octanol–water partition coefficient (Wildman–Crippen LogP) is 1.55. The zero-order valence-corrected chi connectivity index (χ0v) is 13.9. The molecule has 132 valence electrons. The van der Waals surface area contributed by atoms with Crippen molar-refractivity contribution in [1.82, 2.24) is 0 Å². The van der Waals surface area contributed by atoms with Crippen LogP contribution in [0, 0.1) is 0 Å². The second kappa shape index (κ2) is 11.0. The summed E-state index contributed by atoms with van der Waals surface area (Å²) in [5.74, 6) is 0.233. The summed E-state index contributed by atoms with van der Waals surface area (Å²) in [6, 6.07) is 5.16. The van der Waals surface area contributed by atoms with Crippen molar-refractivity contribution in [2.75, 3.05) is 33.5 Å². The number of carbonyl (C=O) groups excluding carboxylic acids is 2. The minimum atomic E-state index is -0.494. The van der Waals surface area contributed by atoms with Crippen molar-refractivity contribution in [1.29, 1.82) is 0 Å². The molecule has 0 heterocycles. The van der Waals surface area contributed by atoms with E-state index in [1.165, 1.54) is 27.2 Å². The summed E-state index contributed by atoms with van der Waals surface area (Å²) in [5.41, 5.74) is 0.693. The van der Waals surface area contributed by atoms with Gasteiger partial charge < -0.3 is 23.8 Å². The Hall–Kier alpha value is -2.61. The van der Waals surface area contributed by atoms with Crippen LogP contribution in [-0.4, -0.2) is 51.7 Å². The molecular weight excluding hydrogens is 318 g/mol. The Bertz CT molecular complexity index is 572. The minimum absolute atomic E-state index is 0.217. The number of rotatable bonds is 10. The molecular formula is C16H21NO7. The van der Waals surface area contributed by atoms with Crippen LogP contribution in [0.1, 0.15) is 19.4 Å². The van der Waals surface area contributed by atoms with Crippen LogP contribution in [0.4, 0.5) is 0 Å². The molecule has 8 heteroatoms. The van der Waals surface area contributed by atoms with Gasteiger partial charge in [0.1, 0.15) is 13.2 Å². The highest BCUT2D eigenvalue weighted by Gasteiger charge is 2.05. The van der Waals surface area contributed by atoms with Gasteiger partial charge in [0.2, 0.25) is 0 Å². The lowest BCUT2D eigenvalue weighted by atomic mass is 10.2. The number of hydrogen-bond donors (Lipinski definition) is 0. The Morgan fingerprint density at radius 2 is 1.79 bits per heavy atom. The van der Waals surface area contributed by atoms with E-state index in [1.54, 1.807) is 18.2 Å². The van der Waals surface area contributed by atoms with Gasteiger partial charge in [0, 0.05) is 19.4 Å². The van der Waals surface area contributed by atoms with Crippen LogP contribution in [0.15, 0.2) is 23.4 Å². The molecule has 24 heavy (non-hydrogen) atoms. The fourth-order valence-electron chi connectivity index (χ4n) is 1.60. The molecule has 8 nitrogen and oxygen atoms in total. The highest BCUT2D eigenvalue weighted by atomic mass is 16.7. The summed E-state index contributed by atoms with van der Waals surface area (Å²) in [6.07, 6.45) is 1.39. The first-order valence-electron chi connectivity index (χ1n) is 7.26. The summed E-state index contributed by atoms with van der Waals surface area (Å²) in [4.78, 5) is 25.7. The molecule has 0 unspecified atom stereocenters. The van der Waals surface area contributed by atoms with Gasteiger partial charge in [-0.1, -0.05) is 5.16 Å². The Morgan fingerprint density at radius 3 is 2.46 bits per heavy atom. The molecule has 0 aliphatic rings. The van der Waals surface area contributed by atoms with Crippen LogP contribution in [0.5, 0.6) is 11.5 Å². The largest absolute Gasteiger partial charge is 0.493 e. The van der Waals surface area contributed by atoms with Gasteiger partial charge in [-0.05, 0) is 18.2 Å². The molecule has 1 aromatic carbocycles. The lowest BCUT2D eigenvalue weighted by molar-refractivity contribution is -0.142. The van der Waals surface area contributed by atoms with Crippen molar-refractivity contribution in [3.63, 3.8) is 0 Å². The summed E-state index contributed by atoms with van der Waals surface area (Å²) in [5, 5.41) is 3.54. The van der Waals surface area contributed by atoms with Gasteiger partial charge in [0.25, 0.3) is 0 Å². The first-order valence-corrected chi connectivity index (χ1v) is 7.26. The van der Waals surface area contributed by atoms with E-state index in [0.29, 0.717) is 36.9 Å². The lowest BCUT2D eigenvalue weighted by Gasteiger charge is -2.11. The molecule has 1 aromatic rings. The molecule has 0 aromatic heterocycles. The SMILES string of the molecule is COc1cc(/C=N/OC(C)=O)ccc1OCCOCCOC(C)=O. The maximum absolute atomic E-state index is 10.6. The molecule has 0 fully saturated rings. The third-order valence-electron chi connectivity index (χ3n) is 2.59. The Morgan fingerprint density at radius 1 is 1.04 bits per heavy atom. The molecule has 0 aliphatic heterocycles. The smallest absolute Gasteiger partial charge is 0.331 e.